The second-order valence-corrected chi connectivity index (χ2v) is 7.97. The summed E-state index contributed by atoms with van der Waals surface area (Å²) in [6, 6.07) is 8.91. The van der Waals surface area contributed by atoms with Crippen molar-refractivity contribution in [3.63, 3.8) is 0 Å². The van der Waals surface area contributed by atoms with Crippen molar-refractivity contribution in [2.45, 2.75) is 63.8 Å². The Kier molecular flexibility index (Phi) is 7.36. The Bertz CT molecular complexity index is 544. The molecule has 2 fully saturated rings. The summed E-state index contributed by atoms with van der Waals surface area (Å²) in [6.07, 6.45) is 10.5. The Balaban J connectivity index is 1.29. The smallest absolute Gasteiger partial charge is 0.221 e. The summed E-state index contributed by atoms with van der Waals surface area (Å²) in [5, 5.41) is 3.20. The van der Waals surface area contributed by atoms with Crippen molar-refractivity contribution in [2.75, 3.05) is 26.7 Å². The molecule has 1 amide bonds. The highest BCUT2D eigenvalue weighted by atomic mass is 16.5. The van der Waals surface area contributed by atoms with Crippen LogP contribution in [0.25, 0.3) is 0 Å². The molecular weight excluding hydrogens is 324 g/mol. The molecule has 1 N–H and O–H groups in total. The van der Waals surface area contributed by atoms with Crippen molar-refractivity contribution in [1.29, 1.82) is 0 Å². The predicted octanol–water partition coefficient (Wildman–Crippen LogP) is 3.79. The van der Waals surface area contributed by atoms with Crippen molar-refractivity contribution < 1.29 is 9.53 Å². The highest BCUT2D eigenvalue weighted by Gasteiger charge is 2.21. The number of hydrogen-bond donors (Lipinski definition) is 1. The average Bonchev–Trinajstić information content (AvgIpc) is 3.19. The molecule has 4 nitrogen and oxygen atoms in total. The highest BCUT2D eigenvalue weighted by Crippen LogP contribution is 2.23. The minimum atomic E-state index is 0.249. The van der Waals surface area contributed by atoms with Crippen molar-refractivity contribution in [3.8, 4) is 5.75 Å². The molecule has 0 spiro atoms. The van der Waals surface area contributed by atoms with E-state index in [1.54, 1.807) is 7.11 Å². The molecule has 1 aromatic rings. The first-order chi connectivity index (χ1) is 12.7. The first kappa shape index (κ1) is 19.2. The zero-order valence-electron chi connectivity index (χ0n) is 16.2. The lowest BCUT2D eigenvalue weighted by atomic mass is 9.90. The summed E-state index contributed by atoms with van der Waals surface area (Å²) >= 11 is 0. The molecule has 1 aromatic carbocycles. The Hall–Kier alpha value is -1.55. The molecule has 1 aliphatic heterocycles. The zero-order valence-corrected chi connectivity index (χ0v) is 16.2. The van der Waals surface area contributed by atoms with Gasteiger partial charge in [0.15, 0.2) is 0 Å². The van der Waals surface area contributed by atoms with Crippen LogP contribution < -0.4 is 10.1 Å². The summed E-state index contributed by atoms with van der Waals surface area (Å²) in [7, 11) is 1.71. The van der Waals surface area contributed by atoms with E-state index in [0.717, 1.165) is 37.7 Å². The van der Waals surface area contributed by atoms with Crippen LogP contribution in [0.3, 0.4) is 0 Å². The molecule has 0 radical (unpaired) electrons. The normalized spacial score (nSPS) is 19.6. The maximum absolute atomic E-state index is 12.1. The number of amides is 1. The lowest BCUT2D eigenvalue weighted by Crippen LogP contribution is -2.38. The Morgan fingerprint density at radius 1 is 1.12 bits per heavy atom. The molecule has 26 heavy (non-hydrogen) atoms. The molecule has 3 rings (SSSR count). The van der Waals surface area contributed by atoms with Gasteiger partial charge in [-0.3, -0.25) is 4.79 Å². The van der Waals surface area contributed by atoms with Gasteiger partial charge in [0.25, 0.3) is 0 Å². The molecule has 144 valence electrons. The molecule has 4 heteroatoms. The fourth-order valence-corrected chi connectivity index (χ4v) is 4.29. The van der Waals surface area contributed by atoms with E-state index in [4.69, 9.17) is 4.74 Å². The van der Waals surface area contributed by atoms with E-state index in [9.17, 15) is 4.79 Å². The number of methoxy groups -OCH3 is 1. The quantitative estimate of drug-likeness (QED) is 0.769. The van der Waals surface area contributed by atoms with Crippen molar-refractivity contribution in [1.82, 2.24) is 10.2 Å². The number of rotatable bonds is 8. The molecule has 0 aromatic heterocycles. The monoisotopic (exact) mass is 358 g/mol. The summed E-state index contributed by atoms with van der Waals surface area (Å²) in [6.45, 7) is 3.21. The Morgan fingerprint density at radius 3 is 2.46 bits per heavy atom. The molecule has 0 atom stereocenters. The number of ether oxygens (including phenoxy) is 1. The van der Waals surface area contributed by atoms with E-state index >= 15 is 0 Å². The first-order valence-electron chi connectivity index (χ1n) is 10.4. The third-order valence-corrected chi connectivity index (χ3v) is 6.08. The fraction of sp³-hybridized carbons (Fsp3) is 0.682. The Morgan fingerprint density at radius 2 is 1.81 bits per heavy atom. The topological polar surface area (TPSA) is 41.6 Å². The highest BCUT2D eigenvalue weighted by molar-refractivity contribution is 5.76. The van der Waals surface area contributed by atoms with Gasteiger partial charge in [-0.05, 0) is 75.2 Å². The SMILES string of the molecule is COc1ccc(CCC2CCN(CCC(=O)NC3CCCC3)CC2)cc1. The number of nitrogens with one attached hydrogen (secondary N) is 1. The summed E-state index contributed by atoms with van der Waals surface area (Å²) in [5.74, 6) is 2.00. The van der Waals surface area contributed by atoms with Crippen LogP contribution >= 0.6 is 0 Å². The molecule has 1 heterocycles. The van der Waals surface area contributed by atoms with E-state index in [0.29, 0.717) is 12.5 Å². The predicted molar refractivity (Wildman–Crippen MR) is 105 cm³/mol. The van der Waals surface area contributed by atoms with E-state index in [-0.39, 0.29) is 5.91 Å². The summed E-state index contributed by atoms with van der Waals surface area (Å²) in [5.41, 5.74) is 1.40. The number of carbonyl (C=O) groups excluding carboxylic acids is 1. The van der Waals surface area contributed by atoms with Crippen molar-refractivity contribution in [3.05, 3.63) is 29.8 Å². The van der Waals surface area contributed by atoms with E-state index in [1.165, 1.54) is 50.5 Å². The van der Waals surface area contributed by atoms with Gasteiger partial charge >= 0.3 is 0 Å². The van der Waals surface area contributed by atoms with Crippen LogP contribution in [0, 0.1) is 5.92 Å². The maximum atomic E-state index is 12.1. The second kappa shape index (κ2) is 9.96. The number of carbonyl (C=O) groups is 1. The number of nitrogens with zero attached hydrogens (tertiary/aromatic N) is 1. The van der Waals surface area contributed by atoms with Crippen molar-refractivity contribution in [2.24, 2.45) is 5.92 Å². The summed E-state index contributed by atoms with van der Waals surface area (Å²) < 4.78 is 5.22. The largest absolute Gasteiger partial charge is 0.497 e. The standard InChI is InChI=1S/C22H34N2O2/c1-26-21-10-8-18(9-11-21)6-7-19-12-15-24(16-13-19)17-14-22(25)23-20-4-2-3-5-20/h8-11,19-20H,2-7,12-17H2,1H3,(H,23,25). The number of piperidine rings is 1. The van der Waals surface area contributed by atoms with Crippen LogP contribution in [0.4, 0.5) is 0 Å². The minimum absolute atomic E-state index is 0.249. The molecule has 0 bridgehead atoms. The Labute approximate surface area is 158 Å². The molecular formula is C22H34N2O2. The molecule has 1 saturated heterocycles. The lowest BCUT2D eigenvalue weighted by molar-refractivity contribution is -0.122. The van der Waals surface area contributed by atoms with Gasteiger partial charge in [-0.15, -0.1) is 0 Å². The third-order valence-electron chi connectivity index (χ3n) is 6.08. The summed E-state index contributed by atoms with van der Waals surface area (Å²) in [4.78, 5) is 14.5. The number of benzene rings is 1. The lowest BCUT2D eigenvalue weighted by Gasteiger charge is -2.32. The first-order valence-corrected chi connectivity index (χ1v) is 10.4. The minimum Gasteiger partial charge on any atom is -0.497 e. The molecule has 1 aliphatic carbocycles. The van der Waals surface area contributed by atoms with Gasteiger partial charge in [0, 0.05) is 19.0 Å². The van der Waals surface area contributed by atoms with E-state index in [2.05, 4.69) is 34.5 Å². The average molecular weight is 359 g/mol. The van der Waals surface area contributed by atoms with Crippen LogP contribution in [0.2, 0.25) is 0 Å². The maximum Gasteiger partial charge on any atom is 0.221 e. The van der Waals surface area contributed by atoms with Gasteiger partial charge in [0.2, 0.25) is 5.91 Å². The van der Waals surface area contributed by atoms with Gasteiger partial charge < -0.3 is 15.0 Å². The van der Waals surface area contributed by atoms with Crippen LogP contribution in [-0.4, -0.2) is 43.6 Å². The molecule has 2 aliphatic rings. The van der Waals surface area contributed by atoms with Gasteiger partial charge in [0.05, 0.1) is 7.11 Å². The van der Waals surface area contributed by atoms with Gasteiger partial charge in [-0.1, -0.05) is 25.0 Å². The van der Waals surface area contributed by atoms with Crippen LogP contribution in [0.1, 0.15) is 56.9 Å². The van der Waals surface area contributed by atoms with Crippen LogP contribution in [-0.2, 0) is 11.2 Å². The molecule has 1 saturated carbocycles. The second-order valence-electron chi connectivity index (χ2n) is 7.97. The van der Waals surface area contributed by atoms with E-state index in [1.807, 2.05) is 0 Å². The van der Waals surface area contributed by atoms with Gasteiger partial charge in [0.1, 0.15) is 5.75 Å². The van der Waals surface area contributed by atoms with E-state index < -0.39 is 0 Å². The van der Waals surface area contributed by atoms with Crippen molar-refractivity contribution >= 4 is 5.91 Å². The number of aryl methyl sites for hydroxylation is 1. The number of likely N-dealkylation sites (tertiary alicyclic amines) is 1. The third kappa shape index (κ3) is 6.01. The van der Waals surface area contributed by atoms with Gasteiger partial charge in [-0.25, -0.2) is 0 Å². The molecule has 0 unspecified atom stereocenters. The number of hydrogen-bond acceptors (Lipinski definition) is 3. The fourth-order valence-electron chi connectivity index (χ4n) is 4.29. The zero-order chi connectivity index (χ0) is 18.2. The van der Waals surface area contributed by atoms with Crippen LogP contribution in [0.15, 0.2) is 24.3 Å². The van der Waals surface area contributed by atoms with Crippen LogP contribution in [0.5, 0.6) is 5.75 Å². The van der Waals surface area contributed by atoms with Gasteiger partial charge in [-0.2, -0.15) is 0 Å².